The van der Waals surface area contributed by atoms with Crippen LogP contribution in [0.1, 0.15) is 28.8 Å². The molecule has 0 bridgehead atoms. The minimum atomic E-state index is -0.462. The summed E-state index contributed by atoms with van der Waals surface area (Å²) in [6.07, 6.45) is 1.47. The van der Waals surface area contributed by atoms with Gasteiger partial charge in [0.1, 0.15) is 6.04 Å². The average molecular weight is 408 g/mol. The molecule has 1 unspecified atom stereocenters. The second-order valence-corrected chi connectivity index (χ2v) is 6.10. The number of nitriles is 2. The number of rotatable bonds is 3. The Morgan fingerprint density at radius 1 is 1.41 bits per heavy atom. The molecule has 1 fully saturated rings. The molecule has 22 heavy (non-hydrogen) atoms. The smallest absolute Gasteiger partial charge is 0.253 e. The molecule has 0 saturated carbocycles. The molecule has 0 spiro atoms. The molecule has 1 heterocycles. The molecule has 1 aliphatic heterocycles. The van der Waals surface area contributed by atoms with Gasteiger partial charge in [-0.05, 0) is 53.6 Å². The zero-order chi connectivity index (χ0) is 16.1. The Hall–Kier alpha value is -2.13. The Labute approximate surface area is 141 Å². The summed E-state index contributed by atoms with van der Waals surface area (Å²) < 4.78 is 0.831. The van der Waals surface area contributed by atoms with Crippen LogP contribution in [0.25, 0.3) is 0 Å². The number of halogens is 1. The molecule has 2 amide bonds. The Bertz CT molecular complexity index is 690. The molecule has 7 heteroatoms. The van der Waals surface area contributed by atoms with E-state index in [0.717, 1.165) is 9.99 Å². The van der Waals surface area contributed by atoms with Gasteiger partial charge in [-0.3, -0.25) is 9.59 Å². The summed E-state index contributed by atoms with van der Waals surface area (Å²) in [4.78, 5) is 25.7. The Morgan fingerprint density at radius 2 is 2.18 bits per heavy atom. The molecule has 1 aromatic rings. The van der Waals surface area contributed by atoms with E-state index in [2.05, 4.69) is 34.0 Å². The molecule has 2 rings (SSSR count). The first kappa shape index (κ1) is 16.2. The molecular formula is C15H13IN4O2. The van der Waals surface area contributed by atoms with Crippen LogP contribution >= 0.6 is 22.6 Å². The van der Waals surface area contributed by atoms with Crippen molar-refractivity contribution in [3.63, 3.8) is 0 Å². The Kier molecular flexibility index (Phi) is 5.34. The maximum absolute atomic E-state index is 12.1. The second kappa shape index (κ2) is 7.23. The van der Waals surface area contributed by atoms with Gasteiger partial charge in [-0.2, -0.15) is 10.5 Å². The van der Waals surface area contributed by atoms with Crippen molar-refractivity contribution in [3.8, 4) is 12.1 Å². The van der Waals surface area contributed by atoms with Crippen LogP contribution < -0.4 is 5.32 Å². The Balaban J connectivity index is 2.02. The van der Waals surface area contributed by atoms with Gasteiger partial charge in [0, 0.05) is 10.1 Å². The van der Waals surface area contributed by atoms with Crippen LogP contribution in [-0.4, -0.2) is 35.8 Å². The molecule has 0 aromatic heterocycles. The van der Waals surface area contributed by atoms with Crippen molar-refractivity contribution in [3.05, 3.63) is 32.9 Å². The zero-order valence-corrected chi connectivity index (χ0v) is 13.8. The van der Waals surface area contributed by atoms with E-state index in [1.807, 2.05) is 6.07 Å². The molecule has 112 valence electrons. The first-order valence-corrected chi connectivity index (χ1v) is 7.81. The van der Waals surface area contributed by atoms with Gasteiger partial charge in [0.2, 0.25) is 5.91 Å². The van der Waals surface area contributed by atoms with E-state index in [4.69, 9.17) is 10.5 Å². The average Bonchev–Trinajstić information content (AvgIpc) is 3.00. The summed E-state index contributed by atoms with van der Waals surface area (Å²) >= 11 is 2.05. The molecule has 1 saturated heterocycles. The highest BCUT2D eigenvalue weighted by atomic mass is 127. The van der Waals surface area contributed by atoms with Crippen molar-refractivity contribution in [1.82, 2.24) is 10.2 Å². The van der Waals surface area contributed by atoms with Gasteiger partial charge in [-0.25, -0.2) is 0 Å². The number of nitrogens with one attached hydrogen (secondary N) is 1. The van der Waals surface area contributed by atoms with Gasteiger partial charge >= 0.3 is 0 Å². The number of hydrogen-bond donors (Lipinski definition) is 1. The lowest BCUT2D eigenvalue weighted by Gasteiger charge is -2.19. The minimum Gasteiger partial charge on any atom is -0.343 e. The highest BCUT2D eigenvalue weighted by molar-refractivity contribution is 14.1. The third kappa shape index (κ3) is 3.55. The van der Waals surface area contributed by atoms with Crippen LogP contribution in [0.15, 0.2) is 18.2 Å². The minimum absolute atomic E-state index is 0.173. The summed E-state index contributed by atoms with van der Waals surface area (Å²) in [5, 5.41) is 20.5. The largest absolute Gasteiger partial charge is 0.343 e. The number of nitrogens with zero attached hydrogens (tertiary/aromatic N) is 3. The lowest BCUT2D eigenvalue weighted by atomic mass is 10.1. The molecule has 6 nitrogen and oxygen atoms in total. The second-order valence-electron chi connectivity index (χ2n) is 4.86. The van der Waals surface area contributed by atoms with Gasteiger partial charge in [-0.15, -0.1) is 0 Å². The lowest BCUT2D eigenvalue weighted by Crippen LogP contribution is -2.42. The summed E-state index contributed by atoms with van der Waals surface area (Å²) in [6.45, 7) is 0.368. The quantitative estimate of drug-likeness (QED) is 0.765. The Morgan fingerprint density at radius 3 is 2.86 bits per heavy atom. The van der Waals surface area contributed by atoms with E-state index in [1.54, 1.807) is 18.2 Å². The van der Waals surface area contributed by atoms with E-state index >= 15 is 0 Å². The number of likely N-dealkylation sites (tertiary alicyclic amines) is 1. The summed E-state index contributed by atoms with van der Waals surface area (Å²) in [7, 11) is 0. The van der Waals surface area contributed by atoms with E-state index < -0.39 is 11.9 Å². The van der Waals surface area contributed by atoms with E-state index in [1.165, 1.54) is 4.90 Å². The first-order chi connectivity index (χ1) is 10.6. The predicted octanol–water partition coefficient (Wildman–Crippen LogP) is 1.41. The van der Waals surface area contributed by atoms with Crippen molar-refractivity contribution in [2.24, 2.45) is 0 Å². The molecule has 1 aliphatic rings. The summed E-state index contributed by atoms with van der Waals surface area (Å²) in [5.41, 5.74) is 0.516. The van der Waals surface area contributed by atoms with Crippen LogP contribution in [-0.2, 0) is 4.79 Å². The number of benzene rings is 1. The van der Waals surface area contributed by atoms with Crippen LogP contribution in [0.3, 0.4) is 0 Å². The maximum atomic E-state index is 12.1. The number of carbonyl (C=O) groups excluding carboxylic acids is 2. The van der Waals surface area contributed by atoms with E-state index in [-0.39, 0.29) is 23.6 Å². The summed E-state index contributed by atoms with van der Waals surface area (Å²) in [5.74, 6) is -0.738. The van der Waals surface area contributed by atoms with Crippen molar-refractivity contribution in [1.29, 1.82) is 10.5 Å². The normalized spacial score (nSPS) is 16.7. The van der Waals surface area contributed by atoms with Crippen LogP contribution in [0, 0.1) is 26.2 Å². The van der Waals surface area contributed by atoms with Crippen LogP contribution in [0.4, 0.5) is 0 Å². The van der Waals surface area contributed by atoms with Crippen molar-refractivity contribution >= 4 is 34.4 Å². The molecular weight excluding hydrogens is 395 g/mol. The van der Waals surface area contributed by atoms with Crippen LogP contribution in [0.5, 0.6) is 0 Å². The van der Waals surface area contributed by atoms with Crippen LogP contribution in [0.2, 0.25) is 0 Å². The zero-order valence-electron chi connectivity index (χ0n) is 11.7. The molecule has 0 radical (unpaired) electrons. The fraction of sp³-hybridized carbons (Fsp3) is 0.333. The van der Waals surface area contributed by atoms with E-state index in [0.29, 0.717) is 13.0 Å². The molecule has 1 atom stereocenters. The third-order valence-electron chi connectivity index (χ3n) is 3.47. The molecule has 1 aromatic carbocycles. The van der Waals surface area contributed by atoms with Gasteiger partial charge in [-0.1, -0.05) is 0 Å². The highest BCUT2D eigenvalue weighted by Crippen LogP contribution is 2.16. The fourth-order valence-electron chi connectivity index (χ4n) is 2.35. The van der Waals surface area contributed by atoms with Gasteiger partial charge in [0.15, 0.2) is 0 Å². The van der Waals surface area contributed by atoms with Crippen molar-refractivity contribution in [2.75, 3.05) is 13.1 Å². The fourth-order valence-corrected chi connectivity index (χ4v) is 2.85. The molecule has 0 aliphatic carbocycles. The predicted molar refractivity (Wildman–Crippen MR) is 86.6 cm³/mol. The van der Waals surface area contributed by atoms with Crippen molar-refractivity contribution in [2.45, 2.75) is 18.9 Å². The number of hydrogen-bond acceptors (Lipinski definition) is 4. The van der Waals surface area contributed by atoms with Gasteiger partial charge in [0.25, 0.3) is 5.91 Å². The number of carbonyl (C=O) groups is 2. The molecule has 1 N–H and O–H groups in total. The van der Waals surface area contributed by atoms with Crippen molar-refractivity contribution < 1.29 is 9.59 Å². The highest BCUT2D eigenvalue weighted by Gasteiger charge is 2.28. The van der Waals surface area contributed by atoms with E-state index in [9.17, 15) is 9.59 Å². The first-order valence-electron chi connectivity index (χ1n) is 6.73. The monoisotopic (exact) mass is 408 g/mol. The third-order valence-corrected chi connectivity index (χ3v) is 4.14. The SMILES string of the molecule is N#Cc1ccc(I)cc1C(=O)NCC(=O)N1CCCC1C#N. The van der Waals surface area contributed by atoms with Gasteiger partial charge in [0.05, 0.1) is 29.8 Å². The lowest BCUT2D eigenvalue weighted by molar-refractivity contribution is -0.130. The standard InChI is InChI=1S/C15H13IN4O2/c16-11-4-3-10(7-17)13(6-11)15(22)19-9-14(21)20-5-1-2-12(20)8-18/h3-4,6,12H,1-2,5,9H2,(H,19,22). The maximum Gasteiger partial charge on any atom is 0.253 e. The van der Waals surface area contributed by atoms with Gasteiger partial charge < -0.3 is 10.2 Å². The number of amides is 2. The topological polar surface area (TPSA) is 97.0 Å². The summed E-state index contributed by atoms with van der Waals surface area (Å²) in [6, 6.07) is 8.56.